The number of benzene rings is 1. The Balaban J connectivity index is 1.38. The normalized spacial score (nSPS) is 18.3. The Hall–Kier alpha value is -4.10. The Bertz CT molecular complexity index is 1830. The molecule has 12 nitrogen and oxygen atoms in total. The number of hydrogen-bond acceptors (Lipinski definition) is 10. The molecule has 0 unspecified atom stereocenters. The lowest BCUT2D eigenvalue weighted by atomic mass is 10.1. The number of anilines is 2. The van der Waals surface area contributed by atoms with Gasteiger partial charge in [0, 0.05) is 50.4 Å². The Morgan fingerprint density at radius 2 is 1.89 bits per heavy atom. The van der Waals surface area contributed by atoms with Gasteiger partial charge in [0.2, 0.25) is 17.2 Å². The van der Waals surface area contributed by atoms with E-state index in [0.717, 1.165) is 18.9 Å². The average molecular weight is 670 g/mol. The number of aromatic carboxylic acids is 1. The Kier molecular flexibility index (Phi) is 8.97. The van der Waals surface area contributed by atoms with Crippen LogP contribution in [0.5, 0.6) is 11.8 Å². The molecule has 0 amide bonds. The second-order valence-corrected chi connectivity index (χ2v) is 12.4. The Morgan fingerprint density at radius 3 is 2.54 bits per heavy atom. The molecule has 3 aromatic heterocycles. The lowest BCUT2D eigenvalue weighted by molar-refractivity contribution is 0.0695. The molecule has 0 aliphatic carbocycles. The van der Waals surface area contributed by atoms with Gasteiger partial charge in [-0.05, 0) is 50.8 Å². The van der Waals surface area contributed by atoms with Crippen molar-refractivity contribution in [1.82, 2.24) is 19.4 Å². The highest BCUT2D eigenvalue weighted by molar-refractivity contribution is 6.34. The molecule has 2 saturated heterocycles. The second kappa shape index (κ2) is 13.0. The minimum Gasteiger partial charge on any atom is -0.481 e. The first-order chi connectivity index (χ1) is 22.1. The van der Waals surface area contributed by atoms with Gasteiger partial charge in [0.25, 0.3) is 0 Å². The third-order valence-corrected chi connectivity index (χ3v) is 9.30. The molecule has 0 radical (unpaired) electrons. The molecule has 2 fully saturated rings. The number of ether oxygens (including phenoxy) is 3. The summed E-state index contributed by atoms with van der Waals surface area (Å²) in [4.78, 5) is 40.9. The lowest BCUT2D eigenvalue weighted by Gasteiger charge is -2.43. The van der Waals surface area contributed by atoms with Crippen molar-refractivity contribution in [2.24, 2.45) is 0 Å². The predicted molar refractivity (Wildman–Crippen MR) is 177 cm³/mol. The van der Waals surface area contributed by atoms with Gasteiger partial charge in [-0.3, -0.25) is 4.79 Å². The molecule has 2 aliphatic heterocycles. The molecule has 2 atom stereocenters. The van der Waals surface area contributed by atoms with Crippen molar-refractivity contribution >= 4 is 51.6 Å². The number of likely N-dealkylation sites (N-methyl/N-ethyl adjacent to an activating group) is 1. The number of nitrogens with zero attached hydrogens (tertiary/aromatic N) is 6. The third-order valence-electron chi connectivity index (χ3n) is 8.71. The maximum absolute atomic E-state index is 13.4. The van der Waals surface area contributed by atoms with E-state index in [1.165, 1.54) is 19.4 Å². The minimum atomic E-state index is -1.33. The molecule has 5 heterocycles. The zero-order valence-electron chi connectivity index (χ0n) is 25.8. The molecular formula is C32H34Cl2N6O6. The SMILES string of the molecule is COc1ccc(Cl)c(OC[C@H]2[C@@H](OC)CCN2c2cc3c(cc2Cl)c(=O)c(C(=O)O)cn3-c2ccc(N3CC(N(C)C)C3)nc2)n1. The van der Waals surface area contributed by atoms with Crippen LogP contribution in [0.3, 0.4) is 0 Å². The van der Waals surface area contributed by atoms with Crippen molar-refractivity contribution in [3.63, 3.8) is 0 Å². The number of carboxylic acids is 1. The maximum Gasteiger partial charge on any atom is 0.341 e. The number of carboxylic acid groups (broad SMARTS) is 1. The van der Waals surface area contributed by atoms with Crippen molar-refractivity contribution in [2.45, 2.75) is 24.6 Å². The number of hydrogen-bond donors (Lipinski definition) is 1. The van der Waals surface area contributed by atoms with Crippen LogP contribution in [-0.4, -0.2) is 103 Å². The minimum absolute atomic E-state index is 0.175. The van der Waals surface area contributed by atoms with Gasteiger partial charge in [0.15, 0.2) is 0 Å². The van der Waals surface area contributed by atoms with Crippen molar-refractivity contribution in [1.29, 1.82) is 0 Å². The van der Waals surface area contributed by atoms with E-state index in [9.17, 15) is 14.7 Å². The predicted octanol–water partition coefficient (Wildman–Crippen LogP) is 4.22. The molecule has 46 heavy (non-hydrogen) atoms. The quantitative estimate of drug-likeness (QED) is 0.261. The van der Waals surface area contributed by atoms with E-state index in [1.54, 1.807) is 36.1 Å². The fourth-order valence-corrected chi connectivity index (χ4v) is 6.41. The van der Waals surface area contributed by atoms with Crippen LogP contribution in [0.15, 0.2) is 53.6 Å². The summed E-state index contributed by atoms with van der Waals surface area (Å²) in [5, 5.41) is 10.7. The first-order valence-electron chi connectivity index (χ1n) is 14.7. The van der Waals surface area contributed by atoms with E-state index in [-0.39, 0.29) is 35.6 Å². The highest BCUT2D eigenvalue weighted by Crippen LogP contribution is 2.37. The molecule has 1 aromatic carbocycles. The lowest BCUT2D eigenvalue weighted by Crippen LogP contribution is -2.57. The summed E-state index contributed by atoms with van der Waals surface area (Å²) < 4.78 is 18.8. The number of methoxy groups -OCH3 is 2. The number of carbonyl (C=O) groups is 1. The van der Waals surface area contributed by atoms with Crippen molar-refractivity contribution in [3.05, 3.63) is 74.6 Å². The fourth-order valence-electron chi connectivity index (χ4n) is 5.98. The van der Waals surface area contributed by atoms with Crippen molar-refractivity contribution < 1.29 is 24.1 Å². The number of fused-ring (bicyclic) bond motifs is 1. The largest absolute Gasteiger partial charge is 0.481 e. The van der Waals surface area contributed by atoms with Crippen LogP contribution in [-0.2, 0) is 4.74 Å². The molecule has 1 N–H and O–H groups in total. The summed E-state index contributed by atoms with van der Waals surface area (Å²) in [7, 11) is 7.27. The molecular weight excluding hydrogens is 635 g/mol. The van der Waals surface area contributed by atoms with Gasteiger partial charge >= 0.3 is 5.97 Å². The highest BCUT2D eigenvalue weighted by atomic mass is 35.5. The summed E-state index contributed by atoms with van der Waals surface area (Å²) in [6, 6.07) is 10.6. The van der Waals surface area contributed by atoms with Crippen molar-refractivity contribution in [3.8, 4) is 17.4 Å². The Morgan fingerprint density at radius 1 is 1.11 bits per heavy atom. The zero-order valence-corrected chi connectivity index (χ0v) is 27.3. The molecule has 2 aliphatic rings. The highest BCUT2D eigenvalue weighted by Gasteiger charge is 2.37. The third kappa shape index (κ3) is 5.93. The molecule has 0 saturated carbocycles. The van der Waals surface area contributed by atoms with Crippen molar-refractivity contribution in [2.75, 3.05) is 64.4 Å². The summed E-state index contributed by atoms with van der Waals surface area (Å²) >= 11 is 13.2. The molecule has 14 heteroatoms. The molecule has 6 rings (SSSR count). The van der Waals surface area contributed by atoms with Crippen LogP contribution < -0.4 is 24.7 Å². The van der Waals surface area contributed by atoms with Crippen LogP contribution in [0, 0.1) is 0 Å². The number of rotatable bonds is 10. The average Bonchev–Trinajstić information content (AvgIpc) is 3.42. The van der Waals surface area contributed by atoms with Gasteiger partial charge in [0.1, 0.15) is 23.0 Å². The molecule has 0 bridgehead atoms. The van der Waals surface area contributed by atoms with E-state index in [1.807, 2.05) is 12.1 Å². The van der Waals surface area contributed by atoms with E-state index < -0.39 is 11.4 Å². The first kappa shape index (κ1) is 31.9. The van der Waals surface area contributed by atoms with E-state index in [0.29, 0.717) is 51.8 Å². The van der Waals surface area contributed by atoms with E-state index in [4.69, 9.17) is 37.4 Å². The van der Waals surface area contributed by atoms with Crippen LogP contribution in [0.25, 0.3) is 16.6 Å². The molecule has 0 spiro atoms. The summed E-state index contributed by atoms with van der Waals surface area (Å²) in [5.74, 6) is 0.0944. The van der Waals surface area contributed by atoms with Crippen LogP contribution in [0.2, 0.25) is 10.0 Å². The number of halogens is 2. The summed E-state index contributed by atoms with van der Waals surface area (Å²) in [5.41, 5.74) is 0.735. The van der Waals surface area contributed by atoms with Gasteiger partial charge in [-0.15, -0.1) is 0 Å². The summed E-state index contributed by atoms with van der Waals surface area (Å²) in [6.45, 7) is 2.51. The fraction of sp³-hybridized carbons (Fsp3) is 0.375. The first-order valence-corrected chi connectivity index (χ1v) is 15.5. The number of aromatic nitrogens is 3. The van der Waals surface area contributed by atoms with Gasteiger partial charge < -0.3 is 38.6 Å². The van der Waals surface area contributed by atoms with Crippen LogP contribution in [0.1, 0.15) is 16.8 Å². The topological polar surface area (TPSA) is 122 Å². The monoisotopic (exact) mass is 668 g/mol. The summed E-state index contributed by atoms with van der Waals surface area (Å²) in [6.07, 6.45) is 3.52. The van der Waals surface area contributed by atoms with Crippen LogP contribution >= 0.6 is 23.2 Å². The second-order valence-electron chi connectivity index (χ2n) is 11.5. The number of pyridine rings is 3. The smallest absolute Gasteiger partial charge is 0.341 e. The van der Waals surface area contributed by atoms with E-state index in [2.05, 4.69) is 38.8 Å². The zero-order chi connectivity index (χ0) is 32.7. The van der Waals surface area contributed by atoms with Gasteiger partial charge in [0.05, 0.1) is 47.4 Å². The molecule has 4 aromatic rings. The van der Waals surface area contributed by atoms with E-state index >= 15 is 0 Å². The van der Waals surface area contributed by atoms with Crippen LogP contribution in [0.4, 0.5) is 11.5 Å². The Labute approximate surface area is 275 Å². The van der Waals surface area contributed by atoms with Gasteiger partial charge in [-0.25, -0.2) is 9.78 Å². The standard InChI is InChI=1S/C32H34Cl2N6O6/c1-37(2)19-14-38(15-19)28-7-5-18(13-35-28)40-16-21(32(42)43)30(41)20-11-23(34)25(12-24(20)40)39-10-9-27(44-3)26(39)17-46-31-22(33)6-8-29(36-31)45-4/h5-8,11-13,16,19,26-27H,9-10,14-15,17H2,1-4H3,(H,42,43)/t26-,27-/m0/s1. The van der Waals surface area contributed by atoms with Gasteiger partial charge in [-0.2, -0.15) is 4.98 Å². The molecule has 242 valence electrons. The maximum atomic E-state index is 13.4. The van der Waals surface area contributed by atoms with Gasteiger partial charge in [-0.1, -0.05) is 23.2 Å².